The number of nitrogens with two attached hydrogens (primary N) is 1. The van der Waals surface area contributed by atoms with E-state index in [4.69, 9.17) is 5.14 Å². The van der Waals surface area contributed by atoms with Crippen LogP contribution in [0, 0.1) is 0 Å². The van der Waals surface area contributed by atoms with Crippen LogP contribution in [0.1, 0.15) is 16.6 Å². The Labute approximate surface area is 109 Å². The molecule has 1 heterocycles. The van der Waals surface area contributed by atoms with Gasteiger partial charge < -0.3 is 0 Å². The fraction of sp³-hybridized carbons (Fsp3) is 0.0833. The molecule has 2 rings (SSSR count). The van der Waals surface area contributed by atoms with Gasteiger partial charge in [-0.2, -0.15) is 0 Å². The van der Waals surface area contributed by atoms with Crippen molar-refractivity contribution in [1.29, 1.82) is 0 Å². The van der Waals surface area contributed by atoms with Gasteiger partial charge in [-0.1, -0.05) is 12.1 Å². The number of carbonyl (C=O) groups is 1. The normalized spacial score (nSPS) is 11.4. The van der Waals surface area contributed by atoms with Crippen molar-refractivity contribution in [3.63, 3.8) is 0 Å². The molecule has 2 aromatic rings. The van der Waals surface area contributed by atoms with Crippen molar-refractivity contribution in [3.8, 4) is 10.4 Å². The average molecular weight is 281 g/mol. The largest absolute Gasteiger partial charge is 0.294 e. The molecule has 4 nitrogen and oxygen atoms in total. The van der Waals surface area contributed by atoms with Crippen molar-refractivity contribution in [2.75, 3.05) is 0 Å². The van der Waals surface area contributed by atoms with Crippen LogP contribution in [0.15, 0.2) is 41.3 Å². The van der Waals surface area contributed by atoms with Gasteiger partial charge in [0.15, 0.2) is 5.78 Å². The zero-order valence-electron chi connectivity index (χ0n) is 9.58. The standard InChI is InChI=1S/C12H11NO3S2/c1-8(14)11-6-7-12(17-11)9-2-4-10(5-3-9)18(13,15)16/h2-7H,1H3,(H2,13,15,16). The molecule has 1 aromatic heterocycles. The summed E-state index contributed by atoms with van der Waals surface area (Å²) in [6.45, 7) is 1.51. The van der Waals surface area contributed by atoms with Crippen molar-refractivity contribution >= 4 is 27.1 Å². The molecule has 0 spiro atoms. The maximum atomic E-state index is 11.2. The molecule has 0 aliphatic carbocycles. The van der Waals surface area contributed by atoms with Crippen molar-refractivity contribution < 1.29 is 13.2 Å². The molecular weight excluding hydrogens is 270 g/mol. The third-order valence-electron chi connectivity index (χ3n) is 2.42. The van der Waals surface area contributed by atoms with Crippen LogP contribution in [0.4, 0.5) is 0 Å². The summed E-state index contributed by atoms with van der Waals surface area (Å²) in [6.07, 6.45) is 0. The molecule has 0 unspecified atom stereocenters. The molecule has 0 saturated heterocycles. The van der Waals surface area contributed by atoms with E-state index in [1.54, 1.807) is 18.2 Å². The summed E-state index contributed by atoms with van der Waals surface area (Å²) in [7, 11) is -3.66. The Morgan fingerprint density at radius 1 is 1.11 bits per heavy atom. The number of ketones is 1. The van der Waals surface area contributed by atoms with Gasteiger partial charge in [0.1, 0.15) is 0 Å². The van der Waals surface area contributed by atoms with E-state index in [0.29, 0.717) is 4.88 Å². The highest BCUT2D eigenvalue weighted by atomic mass is 32.2. The topological polar surface area (TPSA) is 77.2 Å². The molecular formula is C12H11NO3S2. The van der Waals surface area contributed by atoms with E-state index in [-0.39, 0.29) is 10.7 Å². The second-order valence-corrected chi connectivity index (χ2v) is 6.43. The Balaban J connectivity index is 2.37. The number of benzene rings is 1. The molecule has 0 fully saturated rings. The van der Waals surface area contributed by atoms with Gasteiger partial charge in [-0.3, -0.25) is 4.79 Å². The maximum absolute atomic E-state index is 11.2. The van der Waals surface area contributed by atoms with Crippen LogP contribution in [0.5, 0.6) is 0 Å². The van der Waals surface area contributed by atoms with E-state index in [0.717, 1.165) is 10.4 Å². The number of rotatable bonds is 3. The first kappa shape index (κ1) is 12.9. The minimum absolute atomic E-state index is 0.0207. The Hall–Kier alpha value is -1.50. The van der Waals surface area contributed by atoms with E-state index < -0.39 is 10.0 Å². The number of primary sulfonamides is 1. The first-order valence-electron chi connectivity index (χ1n) is 5.12. The Kier molecular flexibility index (Phi) is 3.34. The smallest absolute Gasteiger partial charge is 0.238 e. The molecule has 0 amide bonds. The van der Waals surface area contributed by atoms with Gasteiger partial charge in [0.05, 0.1) is 9.77 Å². The van der Waals surface area contributed by atoms with Gasteiger partial charge in [-0.15, -0.1) is 11.3 Å². The third kappa shape index (κ3) is 2.66. The lowest BCUT2D eigenvalue weighted by atomic mass is 10.2. The third-order valence-corrected chi connectivity index (χ3v) is 4.58. The van der Waals surface area contributed by atoms with Crippen LogP contribution in [0.2, 0.25) is 0 Å². The monoisotopic (exact) mass is 281 g/mol. The Bertz CT molecular complexity index is 684. The van der Waals surface area contributed by atoms with Gasteiger partial charge in [-0.05, 0) is 36.8 Å². The quantitative estimate of drug-likeness (QED) is 0.877. The van der Waals surface area contributed by atoms with Crippen LogP contribution in [-0.2, 0) is 10.0 Å². The maximum Gasteiger partial charge on any atom is 0.238 e. The first-order valence-corrected chi connectivity index (χ1v) is 7.48. The summed E-state index contributed by atoms with van der Waals surface area (Å²) in [4.78, 5) is 12.9. The van der Waals surface area contributed by atoms with E-state index in [1.807, 2.05) is 6.07 Å². The van der Waals surface area contributed by atoms with E-state index in [1.165, 1.54) is 30.4 Å². The summed E-state index contributed by atoms with van der Waals surface area (Å²) >= 11 is 1.38. The lowest BCUT2D eigenvalue weighted by Gasteiger charge is -2.00. The highest BCUT2D eigenvalue weighted by Crippen LogP contribution is 2.28. The molecule has 0 atom stereocenters. The average Bonchev–Trinajstić information content (AvgIpc) is 2.77. The summed E-state index contributed by atoms with van der Waals surface area (Å²) in [6, 6.07) is 9.86. The molecule has 94 valence electrons. The fourth-order valence-corrected chi connectivity index (χ4v) is 2.91. The second kappa shape index (κ2) is 4.64. The van der Waals surface area contributed by atoms with Gasteiger partial charge in [-0.25, -0.2) is 13.6 Å². The van der Waals surface area contributed by atoms with Crippen molar-refractivity contribution in [3.05, 3.63) is 41.3 Å². The van der Waals surface area contributed by atoms with E-state index in [9.17, 15) is 13.2 Å². The van der Waals surface area contributed by atoms with Crippen LogP contribution < -0.4 is 5.14 Å². The molecule has 0 bridgehead atoms. The fourth-order valence-electron chi connectivity index (χ4n) is 1.49. The second-order valence-electron chi connectivity index (χ2n) is 3.79. The number of thiophene rings is 1. The number of hydrogen-bond acceptors (Lipinski definition) is 4. The molecule has 1 aromatic carbocycles. The van der Waals surface area contributed by atoms with Crippen LogP contribution in [0.25, 0.3) is 10.4 Å². The van der Waals surface area contributed by atoms with E-state index in [2.05, 4.69) is 0 Å². The summed E-state index contributed by atoms with van der Waals surface area (Å²) in [5.41, 5.74) is 0.861. The summed E-state index contributed by atoms with van der Waals surface area (Å²) in [5, 5.41) is 5.02. The molecule has 6 heteroatoms. The number of hydrogen-bond donors (Lipinski definition) is 1. The van der Waals surface area contributed by atoms with Crippen molar-refractivity contribution in [1.82, 2.24) is 0 Å². The van der Waals surface area contributed by atoms with Crippen molar-refractivity contribution in [2.24, 2.45) is 5.14 Å². The predicted octanol–water partition coefficient (Wildman–Crippen LogP) is 2.27. The first-order chi connectivity index (χ1) is 8.38. The Morgan fingerprint density at radius 2 is 1.72 bits per heavy atom. The lowest BCUT2D eigenvalue weighted by Crippen LogP contribution is -2.11. The number of Topliss-reactive ketones (excluding diaryl/α,β-unsaturated/α-hetero) is 1. The van der Waals surface area contributed by atoms with Gasteiger partial charge in [0.2, 0.25) is 10.0 Å². The molecule has 0 saturated carbocycles. The lowest BCUT2D eigenvalue weighted by molar-refractivity contribution is 0.102. The van der Waals surface area contributed by atoms with Gasteiger partial charge >= 0.3 is 0 Å². The van der Waals surface area contributed by atoms with Crippen LogP contribution >= 0.6 is 11.3 Å². The highest BCUT2D eigenvalue weighted by molar-refractivity contribution is 7.89. The highest BCUT2D eigenvalue weighted by Gasteiger charge is 2.09. The predicted molar refractivity (Wildman–Crippen MR) is 71.1 cm³/mol. The van der Waals surface area contributed by atoms with Crippen LogP contribution in [-0.4, -0.2) is 14.2 Å². The van der Waals surface area contributed by atoms with Crippen molar-refractivity contribution in [2.45, 2.75) is 11.8 Å². The molecule has 0 aliphatic heterocycles. The van der Waals surface area contributed by atoms with Gasteiger partial charge in [0.25, 0.3) is 0 Å². The minimum atomic E-state index is -3.66. The van der Waals surface area contributed by atoms with Gasteiger partial charge in [0, 0.05) is 4.88 Å². The zero-order valence-corrected chi connectivity index (χ0v) is 11.2. The van der Waals surface area contributed by atoms with Crippen LogP contribution in [0.3, 0.4) is 0 Å². The molecule has 0 radical (unpaired) electrons. The Morgan fingerprint density at radius 3 is 2.17 bits per heavy atom. The molecule has 0 aliphatic rings. The summed E-state index contributed by atoms with van der Waals surface area (Å²) < 4.78 is 22.2. The number of carbonyl (C=O) groups excluding carboxylic acids is 1. The minimum Gasteiger partial charge on any atom is -0.294 e. The molecule has 2 N–H and O–H groups in total. The summed E-state index contributed by atoms with van der Waals surface area (Å²) in [5.74, 6) is 0.0207. The SMILES string of the molecule is CC(=O)c1ccc(-c2ccc(S(N)(=O)=O)cc2)s1. The molecule has 18 heavy (non-hydrogen) atoms. The number of sulfonamides is 1. The zero-order chi connectivity index (χ0) is 13.3. The van der Waals surface area contributed by atoms with E-state index >= 15 is 0 Å².